The molecule has 0 bridgehead atoms. The van der Waals surface area contributed by atoms with Crippen molar-refractivity contribution in [2.75, 3.05) is 20.8 Å². The fourth-order valence-corrected chi connectivity index (χ4v) is 3.11. The number of hydrogen-bond acceptors (Lipinski definition) is 4. The molecule has 0 radical (unpaired) electrons. The van der Waals surface area contributed by atoms with Gasteiger partial charge in [0, 0.05) is 12.1 Å². The highest BCUT2D eigenvalue weighted by Gasteiger charge is 2.21. The lowest BCUT2D eigenvalue weighted by molar-refractivity contribution is -0.141. The van der Waals surface area contributed by atoms with E-state index in [2.05, 4.69) is 5.32 Å². The first kappa shape index (κ1) is 20.3. The first-order valence-corrected chi connectivity index (χ1v) is 8.65. The molecule has 0 fully saturated rings. The number of amides is 1. The Bertz CT molecular complexity index is 808. The summed E-state index contributed by atoms with van der Waals surface area (Å²) in [5.41, 5.74) is 2.97. The van der Waals surface area contributed by atoms with Gasteiger partial charge >= 0.3 is 5.97 Å². The highest BCUT2D eigenvalue weighted by Crippen LogP contribution is 2.24. The van der Waals surface area contributed by atoms with Crippen molar-refractivity contribution in [3.63, 3.8) is 0 Å². The number of rotatable bonds is 8. The van der Waals surface area contributed by atoms with E-state index in [-0.39, 0.29) is 18.9 Å². The molecule has 2 rings (SSSR count). The Balaban J connectivity index is 2.10. The molecule has 0 aromatic heterocycles. The average Bonchev–Trinajstić information content (AvgIpc) is 2.64. The third-order valence-electron chi connectivity index (χ3n) is 4.44. The second-order valence-corrected chi connectivity index (χ2v) is 6.40. The van der Waals surface area contributed by atoms with Crippen LogP contribution in [0.5, 0.6) is 11.5 Å². The Morgan fingerprint density at radius 2 is 1.70 bits per heavy atom. The Labute approximate surface area is 159 Å². The maximum atomic E-state index is 12.5. The van der Waals surface area contributed by atoms with Crippen molar-refractivity contribution in [2.45, 2.75) is 20.3 Å². The maximum Gasteiger partial charge on any atom is 0.308 e. The number of carbonyl (C=O) groups excluding carboxylic acids is 1. The first-order valence-electron chi connectivity index (χ1n) is 8.65. The number of aliphatic carboxylic acids is 1. The predicted molar refractivity (Wildman–Crippen MR) is 103 cm³/mol. The van der Waals surface area contributed by atoms with Crippen LogP contribution in [0.4, 0.5) is 0 Å². The second kappa shape index (κ2) is 9.07. The molecule has 144 valence electrons. The molecular weight excluding hydrogens is 346 g/mol. The van der Waals surface area contributed by atoms with Crippen LogP contribution < -0.4 is 14.8 Å². The minimum Gasteiger partial charge on any atom is -0.496 e. The zero-order valence-electron chi connectivity index (χ0n) is 16.0. The van der Waals surface area contributed by atoms with E-state index in [1.165, 1.54) is 0 Å². The number of carboxylic acid groups (broad SMARTS) is 1. The van der Waals surface area contributed by atoms with Crippen molar-refractivity contribution in [1.82, 2.24) is 5.32 Å². The van der Waals surface area contributed by atoms with E-state index < -0.39 is 11.9 Å². The number of methoxy groups -OCH3 is 2. The molecular formula is C21H25NO5. The summed E-state index contributed by atoms with van der Waals surface area (Å²) < 4.78 is 10.6. The molecule has 6 nitrogen and oxygen atoms in total. The molecule has 1 amide bonds. The van der Waals surface area contributed by atoms with Gasteiger partial charge in [0.1, 0.15) is 11.5 Å². The Morgan fingerprint density at radius 1 is 1.07 bits per heavy atom. The molecule has 0 aliphatic carbocycles. The lowest BCUT2D eigenvalue weighted by Crippen LogP contribution is -2.34. The van der Waals surface area contributed by atoms with Crippen molar-refractivity contribution >= 4 is 11.9 Å². The normalized spacial score (nSPS) is 11.6. The van der Waals surface area contributed by atoms with Gasteiger partial charge in [-0.1, -0.05) is 18.2 Å². The molecule has 0 saturated carbocycles. The van der Waals surface area contributed by atoms with Crippen molar-refractivity contribution < 1.29 is 24.2 Å². The van der Waals surface area contributed by atoms with Crippen molar-refractivity contribution in [3.8, 4) is 11.5 Å². The summed E-state index contributed by atoms with van der Waals surface area (Å²) in [6.45, 7) is 3.75. The molecule has 0 saturated heterocycles. The summed E-state index contributed by atoms with van der Waals surface area (Å²) in [5, 5.41) is 12.3. The van der Waals surface area contributed by atoms with Crippen LogP contribution >= 0.6 is 0 Å². The predicted octanol–water partition coefficient (Wildman–Crippen LogP) is 2.99. The fraction of sp³-hybridized carbons (Fsp3) is 0.333. The smallest absolute Gasteiger partial charge is 0.308 e. The van der Waals surface area contributed by atoms with E-state index in [0.29, 0.717) is 11.3 Å². The van der Waals surface area contributed by atoms with E-state index in [4.69, 9.17) is 9.47 Å². The average molecular weight is 371 g/mol. The molecule has 0 spiro atoms. The number of benzene rings is 2. The van der Waals surface area contributed by atoms with Gasteiger partial charge in [-0.05, 0) is 55.2 Å². The lowest BCUT2D eigenvalue weighted by Gasteiger charge is -2.16. The summed E-state index contributed by atoms with van der Waals surface area (Å²) in [6, 6.07) is 10.7. The number of nitrogens with one attached hydrogen (secondary N) is 1. The highest BCUT2D eigenvalue weighted by molar-refractivity contribution is 5.95. The zero-order chi connectivity index (χ0) is 20.0. The molecule has 1 unspecified atom stereocenters. The van der Waals surface area contributed by atoms with Crippen molar-refractivity contribution in [2.24, 2.45) is 5.92 Å². The summed E-state index contributed by atoms with van der Waals surface area (Å²) >= 11 is 0. The van der Waals surface area contributed by atoms with Crippen LogP contribution in [-0.4, -0.2) is 37.7 Å². The molecule has 1 atom stereocenters. The number of hydrogen-bond donors (Lipinski definition) is 2. The van der Waals surface area contributed by atoms with Gasteiger partial charge < -0.3 is 19.9 Å². The molecule has 0 aliphatic heterocycles. The van der Waals surface area contributed by atoms with E-state index >= 15 is 0 Å². The first-order chi connectivity index (χ1) is 12.9. The van der Waals surface area contributed by atoms with Crippen LogP contribution in [0.1, 0.15) is 27.0 Å². The van der Waals surface area contributed by atoms with Crippen LogP contribution in [0.15, 0.2) is 36.4 Å². The van der Waals surface area contributed by atoms with E-state index in [9.17, 15) is 14.7 Å². The fourth-order valence-electron chi connectivity index (χ4n) is 3.11. The largest absolute Gasteiger partial charge is 0.496 e. The van der Waals surface area contributed by atoms with Crippen LogP contribution in [0.3, 0.4) is 0 Å². The minimum absolute atomic E-state index is 0.0241. The van der Waals surface area contributed by atoms with Gasteiger partial charge in [0.15, 0.2) is 0 Å². The lowest BCUT2D eigenvalue weighted by atomic mass is 9.98. The van der Waals surface area contributed by atoms with Gasteiger partial charge in [0.2, 0.25) is 0 Å². The number of ether oxygens (including phenoxy) is 2. The van der Waals surface area contributed by atoms with Gasteiger partial charge in [0.25, 0.3) is 5.91 Å². The summed E-state index contributed by atoms with van der Waals surface area (Å²) in [5.74, 6) is -0.660. The second-order valence-electron chi connectivity index (χ2n) is 6.40. The van der Waals surface area contributed by atoms with Crippen molar-refractivity contribution in [1.29, 1.82) is 0 Å². The summed E-state index contributed by atoms with van der Waals surface area (Å²) in [4.78, 5) is 24.1. The maximum absolute atomic E-state index is 12.5. The topological polar surface area (TPSA) is 84.9 Å². The quantitative estimate of drug-likeness (QED) is 0.745. The number of carbonyl (C=O) groups is 2. The number of aryl methyl sites for hydroxylation is 2. The molecule has 2 N–H and O–H groups in total. The summed E-state index contributed by atoms with van der Waals surface area (Å²) in [6.07, 6.45) is 0.264. The van der Waals surface area contributed by atoms with Crippen LogP contribution in [-0.2, 0) is 11.2 Å². The number of carboxylic acids is 1. The third-order valence-corrected chi connectivity index (χ3v) is 4.44. The van der Waals surface area contributed by atoms with Gasteiger partial charge in [0.05, 0.1) is 20.1 Å². The molecule has 0 aliphatic rings. The third kappa shape index (κ3) is 5.00. The van der Waals surface area contributed by atoms with Crippen LogP contribution in [0.2, 0.25) is 0 Å². The van der Waals surface area contributed by atoms with E-state index in [1.54, 1.807) is 32.4 Å². The van der Waals surface area contributed by atoms with Crippen LogP contribution in [0, 0.1) is 19.8 Å². The summed E-state index contributed by atoms with van der Waals surface area (Å²) in [7, 11) is 3.13. The molecule has 27 heavy (non-hydrogen) atoms. The Kier molecular flexibility index (Phi) is 6.82. The zero-order valence-corrected chi connectivity index (χ0v) is 16.0. The van der Waals surface area contributed by atoms with Gasteiger partial charge in [-0.15, -0.1) is 0 Å². The Morgan fingerprint density at radius 3 is 2.26 bits per heavy atom. The van der Waals surface area contributed by atoms with E-state index in [0.717, 1.165) is 22.4 Å². The number of para-hydroxylation sites is 1. The molecule has 2 aromatic carbocycles. The Hall–Kier alpha value is -3.02. The van der Waals surface area contributed by atoms with Gasteiger partial charge in [-0.3, -0.25) is 9.59 Å². The van der Waals surface area contributed by atoms with Gasteiger partial charge in [-0.2, -0.15) is 0 Å². The molecule has 0 heterocycles. The SMILES string of the molecule is COc1ccccc1CC(CNC(=O)c1cc(C)c(OC)c(C)c1)C(=O)O. The molecule has 2 aromatic rings. The molecule has 6 heteroatoms. The monoisotopic (exact) mass is 371 g/mol. The minimum atomic E-state index is -0.969. The van der Waals surface area contributed by atoms with E-state index in [1.807, 2.05) is 32.0 Å². The standard InChI is InChI=1S/C21H25NO5/c1-13-9-16(10-14(2)19(13)27-4)20(23)22-12-17(21(24)25)11-15-7-5-6-8-18(15)26-3/h5-10,17H,11-12H2,1-4H3,(H,22,23)(H,24,25). The van der Waals surface area contributed by atoms with Crippen LogP contribution in [0.25, 0.3) is 0 Å². The highest BCUT2D eigenvalue weighted by atomic mass is 16.5. The van der Waals surface area contributed by atoms with Crippen molar-refractivity contribution in [3.05, 3.63) is 58.7 Å². The van der Waals surface area contributed by atoms with Gasteiger partial charge in [-0.25, -0.2) is 0 Å².